The molecule has 0 atom stereocenters. The van der Waals surface area contributed by atoms with Gasteiger partial charge in [-0.05, 0) is 38.1 Å². The minimum atomic E-state index is -0.571. The summed E-state index contributed by atoms with van der Waals surface area (Å²) in [4.78, 5) is 24.2. The molecule has 0 aliphatic carbocycles. The summed E-state index contributed by atoms with van der Waals surface area (Å²) in [6, 6.07) is 7.32. The highest BCUT2D eigenvalue weighted by Gasteiger charge is 2.29. The second-order valence-corrected chi connectivity index (χ2v) is 4.94. The smallest absolute Gasteiger partial charge is 0.340 e. The third-order valence-corrected chi connectivity index (χ3v) is 3.75. The number of hydrogen-bond donors (Lipinski definition) is 0. The highest BCUT2D eigenvalue weighted by molar-refractivity contribution is 6.05. The van der Waals surface area contributed by atoms with E-state index in [0.29, 0.717) is 11.4 Å². The van der Waals surface area contributed by atoms with Gasteiger partial charge in [-0.1, -0.05) is 0 Å². The van der Waals surface area contributed by atoms with Gasteiger partial charge in [0.05, 0.1) is 32.5 Å². The monoisotopic (exact) mass is 317 g/mol. The Labute approximate surface area is 134 Å². The van der Waals surface area contributed by atoms with E-state index < -0.39 is 11.9 Å². The Morgan fingerprint density at radius 2 is 1.26 bits per heavy atom. The van der Waals surface area contributed by atoms with Crippen molar-refractivity contribution in [2.45, 2.75) is 13.8 Å². The largest absolute Gasteiger partial charge is 0.497 e. The molecule has 1 aromatic heterocycles. The van der Waals surface area contributed by atoms with E-state index >= 15 is 0 Å². The lowest BCUT2D eigenvalue weighted by molar-refractivity contribution is 0.0555. The molecule has 6 heteroatoms. The average molecular weight is 317 g/mol. The van der Waals surface area contributed by atoms with Gasteiger partial charge < -0.3 is 18.8 Å². The van der Waals surface area contributed by atoms with Crippen molar-refractivity contribution in [2.75, 3.05) is 21.3 Å². The topological polar surface area (TPSA) is 66.8 Å². The van der Waals surface area contributed by atoms with Gasteiger partial charge in [-0.25, -0.2) is 9.59 Å². The van der Waals surface area contributed by atoms with Gasteiger partial charge in [-0.15, -0.1) is 0 Å². The number of nitrogens with zero attached hydrogens (tertiary/aromatic N) is 1. The third-order valence-electron chi connectivity index (χ3n) is 3.75. The predicted molar refractivity (Wildman–Crippen MR) is 84.5 cm³/mol. The van der Waals surface area contributed by atoms with Crippen LogP contribution in [0.1, 0.15) is 32.1 Å². The molecule has 2 aromatic rings. The van der Waals surface area contributed by atoms with Gasteiger partial charge in [-0.3, -0.25) is 0 Å². The zero-order valence-electron chi connectivity index (χ0n) is 13.8. The van der Waals surface area contributed by atoms with E-state index in [0.717, 1.165) is 11.4 Å². The van der Waals surface area contributed by atoms with Crippen LogP contribution in [0.3, 0.4) is 0 Å². The summed E-state index contributed by atoms with van der Waals surface area (Å²) in [5.74, 6) is -0.422. The number of benzene rings is 1. The zero-order valence-corrected chi connectivity index (χ0v) is 13.8. The molecule has 0 aliphatic heterocycles. The quantitative estimate of drug-likeness (QED) is 0.811. The normalized spacial score (nSPS) is 10.3. The lowest BCUT2D eigenvalue weighted by Crippen LogP contribution is -2.11. The molecule has 122 valence electrons. The van der Waals surface area contributed by atoms with Crippen LogP contribution in [0.5, 0.6) is 5.75 Å². The van der Waals surface area contributed by atoms with Crippen molar-refractivity contribution in [1.82, 2.24) is 4.57 Å². The molecule has 0 amide bonds. The Hall–Kier alpha value is -2.76. The maximum absolute atomic E-state index is 12.1. The van der Waals surface area contributed by atoms with Crippen LogP contribution in [0.2, 0.25) is 0 Å². The van der Waals surface area contributed by atoms with E-state index in [9.17, 15) is 9.59 Å². The lowest BCUT2D eigenvalue weighted by atomic mass is 10.1. The van der Waals surface area contributed by atoms with Crippen molar-refractivity contribution in [3.8, 4) is 11.4 Å². The molecule has 0 saturated heterocycles. The van der Waals surface area contributed by atoms with Crippen LogP contribution in [0.15, 0.2) is 24.3 Å². The van der Waals surface area contributed by atoms with Crippen LogP contribution in [-0.4, -0.2) is 37.8 Å². The molecule has 0 fully saturated rings. The predicted octanol–water partition coefficient (Wildman–Crippen LogP) is 2.68. The third kappa shape index (κ3) is 2.79. The maximum Gasteiger partial charge on any atom is 0.340 e. The standard InChI is InChI=1S/C17H19NO5/c1-10-14(16(19)22-4)15(17(20)23-5)11(2)18(10)12-6-8-13(21-3)9-7-12/h6-9H,1-5H3. The van der Waals surface area contributed by atoms with Gasteiger partial charge in [-0.2, -0.15) is 0 Å². The molecule has 6 nitrogen and oxygen atoms in total. The zero-order chi connectivity index (χ0) is 17.1. The molecule has 0 saturated carbocycles. The fourth-order valence-electron chi connectivity index (χ4n) is 2.66. The van der Waals surface area contributed by atoms with E-state index in [1.807, 2.05) is 28.8 Å². The van der Waals surface area contributed by atoms with Crippen molar-refractivity contribution in [1.29, 1.82) is 0 Å². The first-order valence-corrected chi connectivity index (χ1v) is 6.99. The summed E-state index contributed by atoms with van der Waals surface area (Å²) in [5.41, 5.74) is 2.46. The summed E-state index contributed by atoms with van der Waals surface area (Å²) >= 11 is 0. The fraction of sp³-hybridized carbons (Fsp3) is 0.294. The van der Waals surface area contributed by atoms with Crippen molar-refractivity contribution < 1.29 is 23.8 Å². The van der Waals surface area contributed by atoms with Crippen molar-refractivity contribution in [3.05, 3.63) is 46.8 Å². The Balaban J connectivity index is 2.71. The molecule has 0 bridgehead atoms. The molecule has 1 aromatic carbocycles. The van der Waals surface area contributed by atoms with Gasteiger partial charge in [0, 0.05) is 17.1 Å². The number of methoxy groups -OCH3 is 3. The van der Waals surface area contributed by atoms with Crippen LogP contribution < -0.4 is 4.74 Å². The Kier molecular flexibility index (Phi) is 4.74. The number of carbonyl (C=O) groups excluding carboxylic acids is 2. The Morgan fingerprint density at radius 3 is 1.61 bits per heavy atom. The van der Waals surface area contributed by atoms with Crippen LogP contribution in [-0.2, 0) is 9.47 Å². The molecule has 0 radical (unpaired) electrons. The van der Waals surface area contributed by atoms with Crippen molar-refractivity contribution in [2.24, 2.45) is 0 Å². The highest BCUT2D eigenvalue weighted by Crippen LogP contribution is 2.28. The van der Waals surface area contributed by atoms with Crippen molar-refractivity contribution >= 4 is 11.9 Å². The summed E-state index contributed by atoms with van der Waals surface area (Å²) in [6.07, 6.45) is 0. The Morgan fingerprint density at radius 1 is 0.826 bits per heavy atom. The summed E-state index contributed by atoms with van der Waals surface area (Å²) in [5, 5.41) is 0. The summed E-state index contributed by atoms with van der Waals surface area (Å²) < 4.78 is 16.6. The molecule has 2 rings (SSSR count). The van der Waals surface area contributed by atoms with Gasteiger partial charge in [0.15, 0.2) is 0 Å². The van der Waals surface area contributed by atoms with Gasteiger partial charge >= 0.3 is 11.9 Å². The number of hydrogen-bond acceptors (Lipinski definition) is 5. The number of aromatic nitrogens is 1. The number of ether oxygens (including phenoxy) is 3. The van der Waals surface area contributed by atoms with Crippen molar-refractivity contribution in [3.63, 3.8) is 0 Å². The highest BCUT2D eigenvalue weighted by atomic mass is 16.5. The second-order valence-electron chi connectivity index (χ2n) is 4.94. The number of rotatable bonds is 4. The number of carbonyl (C=O) groups is 2. The molecular formula is C17H19NO5. The average Bonchev–Trinajstić information content (AvgIpc) is 2.84. The van der Waals surface area contributed by atoms with Gasteiger partial charge in [0.1, 0.15) is 5.75 Å². The van der Waals surface area contributed by atoms with Crippen LogP contribution in [0.4, 0.5) is 0 Å². The lowest BCUT2D eigenvalue weighted by Gasteiger charge is -2.10. The first-order valence-electron chi connectivity index (χ1n) is 6.99. The molecule has 0 spiro atoms. The molecule has 23 heavy (non-hydrogen) atoms. The fourth-order valence-corrected chi connectivity index (χ4v) is 2.66. The maximum atomic E-state index is 12.1. The second kappa shape index (κ2) is 6.56. The van der Waals surface area contributed by atoms with Crippen LogP contribution >= 0.6 is 0 Å². The van der Waals surface area contributed by atoms with Crippen LogP contribution in [0.25, 0.3) is 5.69 Å². The minimum Gasteiger partial charge on any atom is -0.497 e. The number of esters is 2. The first kappa shape index (κ1) is 16.6. The first-order chi connectivity index (χ1) is 11.0. The van der Waals surface area contributed by atoms with Gasteiger partial charge in [0.2, 0.25) is 0 Å². The summed E-state index contributed by atoms with van der Waals surface area (Å²) in [6.45, 7) is 3.52. The molecule has 0 aliphatic rings. The van der Waals surface area contributed by atoms with E-state index in [-0.39, 0.29) is 11.1 Å². The SMILES string of the molecule is COC(=O)c1c(C(=O)OC)c(C)n(-c2ccc(OC)cc2)c1C. The van der Waals surface area contributed by atoms with E-state index in [4.69, 9.17) is 14.2 Å². The van der Waals surface area contributed by atoms with E-state index in [1.165, 1.54) is 14.2 Å². The molecule has 1 heterocycles. The molecular weight excluding hydrogens is 298 g/mol. The molecule has 0 N–H and O–H groups in total. The van der Waals surface area contributed by atoms with E-state index in [2.05, 4.69) is 0 Å². The minimum absolute atomic E-state index is 0.215. The van der Waals surface area contributed by atoms with Gasteiger partial charge in [0.25, 0.3) is 0 Å². The van der Waals surface area contributed by atoms with E-state index in [1.54, 1.807) is 21.0 Å². The van der Waals surface area contributed by atoms with Crippen LogP contribution in [0, 0.1) is 13.8 Å². The Bertz CT molecular complexity index is 704. The molecule has 0 unspecified atom stereocenters. The summed E-state index contributed by atoms with van der Waals surface area (Å²) in [7, 11) is 4.15.